The van der Waals surface area contributed by atoms with E-state index in [-0.39, 0.29) is 12.3 Å². The standard InChI is InChI=1S/C14H19NO4/c1-2-19-8-4-7-13(16)15-12-6-3-5-11(9-12)10-14(17)18/h3,5-6,9H,2,4,7-8,10H2,1H3,(H,15,16)(H,17,18). The lowest BCUT2D eigenvalue weighted by Crippen LogP contribution is -2.12. The van der Waals surface area contributed by atoms with Crippen LogP contribution in [0.5, 0.6) is 0 Å². The lowest BCUT2D eigenvalue weighted by Gasteiger charge is -2.06. The summed E-state index contributed by atoms with van der Waals surface area (Å²) in [5, 5.41) is 11.5. The monoisotopic (exact) mass is 265 g/mol. The van der Waals surface area contributed by atoms with Crippen LogP contribution in [0, 0.1) is 0 Å². The number of carboxylic acid groups (broad SMARTS) is 1. The Morgan fingerprint density at radius 1 is 1.37 bits per heavy atom. The van der Waals surface area contributed by atoms with Crippen molar-refractivity contribution in [3.63, 3.8) is 0 Å². The number of hydrogen-bond acceptors (Lipinski definition) is 3. The molecular weight excluding hydrogens is 246 g/mol. The third-order valence-electron chi connectivity index (χ3n) is 2.46. The molecule has 0 saturated heterocycles. The fourth-order valence-corrected chi connectivity index (χ4v) is 1.64. The van der Waals surface area contributed by atoms with Crippen LogP contribution in [0.2, 0.25) is 0 Å². The minimum absolute atomic E-state index is 0.0476. The fraction of sp³-hybridized carbons (Fsp3) is 0.429. The molecule has 0 radical (unpaired) electrons. The van der Waals surface area contributed by atoms with Gasteiger partial charge in [0, 0.05) is 25.3 Å². The summed E-state index contributed by atoms with van der Waals surface area (Å²) in [6, 6.07) is 6.87. The molecule has 0 aliphatic carbocycles. The number of anilines is 1. The smallest absolute Gasteiger partial charge is 0.307 e. The zero-order chi connectivity index (χ0) is 14.1. The SMILES string of the molecule is CCOCCCC(=O)Nc1cccc(CC(=O)O)c1. The molecule has 1 aromatic rings. The first-order chi connectivity index (χ1) is 9.11. The van der Waals surface area contributed by atoms with Crippen LogP contribution in [-0.2, 0) is 20.7 Å². The van der Waals surface area contributed by atoms with Gasteiger partial charge < -0.3 is 15.2 Å². The lowest BCUT2D eigenvalue weighted by molar-refractivity contribution is -0.136. The molecule has 1 amide bonds. The fourth-order valence-electron chi connectivity index (χ4n) is 1.64. The van der Waals surface area contributed by atoms with Crippen molar-refractivity contribution in [2.24, 2.45) is 0 Å². The van der Waals surface area contributed by atoms with Crippen LogP contribution in [0.15, 0.2) is 24.3 Å². The number of rotatable bonds is 8. The van der Waals surface area contributed by atoms with E-state index in [4.69, 9.17) is 9.84 Å². The molecule has 104 valence electrons. The summed E-state index contributed by atoms with van der Waals surface area (Å²) in [4.78, 5) is 22.2. The van der Waals surface area contributed by atoms with Crippen molar-refractivity contribution in [1.82, 2.24) is 0 Å². The second-order valence-electron chi connectivity index (χ2n) is 4.12. The van der Waals surface area contributed by atoms with Gasteiger partial charge in [-0.1, -0.05) is 12.1 Å². The summed E-state index contributed by atoms with van der Waals surface area (Å²) in [6.45, 7) is 3.13. The molecule has 0 fully saturated rings. The first-order valence-corrected chi connectivity index (χ1v) is 6.30. The molecule has 5 nitrogen and oxygen atoms in total. The predicted octanol–water partition coefficient (Wildman–Crippen LogP) is 2.07. The third-order valence-corrected chi connectivity index (χ3v) is 2.46. The number of carbonyl (C=O) groups excluding carboxylic acids is 1. The maximum Gasteiger partial charge on any atom is 0.307 e. The zero-order valence-corrected chi connectivity index (χ0v) is 11.0. The second-order valence-corrected chi connectivity index (χ2v) is 4.12. The van der Waals surface area contributed by atoms with Crippen molar-refractivity contribution in [2.45, 2.75) is 26.2 Å². The number of carbonyl (C=O) groups is 2. The highest BCUT2D eigenvalue weighted by atomic mass is 16.5. The van der Waals surface area contributed by atoms with E-state index < -0.39 is 5.97 Å². The highest BCUT2D eigenvalue weighted by Crippen LogP contribution is 2.12. The van der Waals surface area contributed by atoms with Crippen molar-refractivity contribution in [2.75, 3.05) is 18.5 Å². The molecule has 0 unspecified atom stereocenters. The molecule has 19 heavy (non-hydrogen) atoms. The molecule has 0 aliphatic heterocycles. The molecule has 1 rings (SSSR count). The van der Waals surface area contributed by atoms with Gasteiger partial charge in [-0.3, -0.25) is 9.59 Å². The number of ether oxygens (including phenoxy) is 1. The molecule has 2 N–H and O–H groups in total. The molecule has 5 heteroatoms. The maximum atomic E-state index is 11.6. The van der Waals surface area contributed by atoms with E-state index >= 15 is 0 Å². The summed E-state index contributed by atoms with van der Waals surface area (Å²) >= 11 is 0. The Morgan fingerprint density at radius 3 is 2.84 bits per heavy atom. The first-order valence-electron chi connectivity index (χ1n) is 6.30. The van der Waals surface area contributed by atoms with Crippen LogP contribution < -0.4 is 5.32 Å². The van der Waals surface area contributed by atoms with Gasteiger partial charge in [0.1, 0.15) is 0 Å². The van der Waals surface area contributed by atoms with Gasteiger partial charge in [0.15, 0.2) is 0 Å². The highest BCUT2D eigenvalue weighted by molar-refractivity contribution is 5.90. The summed E-state index contributed by atoms with van der Waals surface area (Å²) in [5.74, 6) is -0.979. The van der Waals surface area contributed by atoms with Gasteiger partial charge >= 0.3 is 5.97 Å². The van der Waals surface area contributed by atoms with Gasteiger partial charge in [-0.2, -0.15) is 0 Å². The van der Waals surface area contributed by atoms with Gasteiger partial charge in [0.2, 0.25) is 5.91 Å². The van der Waals surface area contributed by atoms with Crippen LogP contribution in [0.3, 0.4) is 0 Å². The van der Waals surface area contributed by atoms with Crippen LogP contribution >= 0.6 is 0 Å². The molecule has 0 saturated carbocycles. The first kappa shape index (κ1) is 15.2. The average Bonchev–Trinajstić information content (AvgIpc) is 2.34. The molecule has 0 aliphatic rings. The number of aliphatic carboxylic acids is 1. The van der Waals surface area contributed by atoms with E-state index in [0.717, 1.165) is 0 Å². The predicted molar refractivity (Wildman–Crippen MR) is 72.1 cm³/mol. The largest absolute Gasteiger partial charge is 0.481 e. The average molecular weight is 265 g/mol. The van der Waals surface area contributed by atoms with Crippen molar-refractivity contribution in [3.05, 3.63) is 29.8 Å². The number of carboxylic acids is 1. The maximum absolute atomic E-state index is 11.6. The Balaban J connectivity index is 2.43. The number of hydrogen-bond donors (Lipinski definition) is 2. The Kier molecular flexibility index (Phi) is 6.60. The summed E-state index contributed by atoms with van der Waals surface area (Å²) in [5.41, 5.74) is 1.29. The van der Waals surface area contributed by atoms with E-state index in [2.05, 4.69) is 5.32 Å². The van der Waals surface area contributed by atoms with Crippen LogP contribution in [-0.4, -0.2) is 30.2 Å². The van der Waals surface area contributed by atoms with Crippen molar-refractivity contribution < 1.29 is 19.4 Å². The number of benzene rings is 1. The summed E-state index contributed by atoms with van der Waals surface area (Å²) in [7, 11) is 0. The van der Waals surface area contributed by atoms with E-state index in [9.17, 15) is 9.59 Å². The van der Waals surface area contributed by atoms with Crippen LogP contribution in [0.4, 0.5) is 5.69 Å². The molecule has 0 atom stereocenters. The molecule has 0 heterocycles. The Morgan fingerprint density at radius 2 is 2.16 bits per heavy atom. The molecular formula is C14H19NO4. The second kappa shape index (κ2) is 8.26. The Labute approximate surface area is 112 Å². The van der Waals surface area contributed by atoms with Gasteiger partial charge in [0.25, 0.3) is 0 Å². The van der Waals surface area contributed by atoms with E-state index in [1.807, 2.05) is 6.92 Å². The van der Waals surface area contributed by atoms with E-state index in [1.165, 1.54) is 0 Å². The molecule has 0 spiro atoms. The Bertz CT molecular complexity index is 431. The van der Waals surface area contributed by atoms with Gasteiger partial charge in [-0.15, -0.1) is 0 Å². The van der Waals surface area contributed by atoms with E-state index in [0.29, 0.717) is 37.3 Å². The number of nitrogens with one attached hydrogen (secondary N) is 1. The highest BCUT2D eigenvalue weighted by Gasteiger charge is 2.04. The molecule has 0 bridgehead atoms. The van der Waals surface area contributed by atoms with Crippen LogP contribution in [0.25, 0.3) is 0 Å². The summed E-state index contributed by atoms with van der Waals surface area (Å²) in [6.07, 6.45) is 1.02. The van der Waals surface area contributed by atoms with Gasteiger partial charge in [0.05, 0.1) is 6.42 Å². The molecule has 1 aromatic carbocycles. The van der Waals surface area contributed by atoms with Gasteiger partial charge in [-0.05, 0) is 31.0 Å². The quantitative estimate of drug-likeness (QED) is 0.705. The van der Waals surface area contributed by atoms with Crippen molar-refractivity contribution in [1.29, 1.82) is 0 Å². The third kappa shape index (κ3) is 6.57. The number of amides is 1. The van der Waals surface area contributed by atoms with Crippen molar-refractivity contribution in [3.8, 4) is 0 Å². The van der Waals surface area contributed by atoms with Crippen molar-refractivity contribution >= 4 is 17.6 Å². The van der Waals surface area contributed by atoms with E-state index in [1.54, 1.807) is 24.3 Å². The minimum atomic E-state index is -0.889. The topological polar surface area (TPSA) is 75.6 Å². The van der Waals surface area contributed by atoms with Crippen LogP contribution in [0.1, 0.15) is 25.3 Å². The summed E-state index contributed by atoms with van der Waals surface area (Å²) < 4.78 is 5.15. The normalized spacial score (nSPS) is 10.2. The Hall–Kier alpha value is -1.88. The minimum Gasteiger partial charge on any atom is -0.481 e. The molecule has 0 aromatic heterocycles. The lowest BCUT2D eigenvalue weighted by atomic mass is 10.1. The zero-order valence-electron chi connectivity index (χ0n) is 11.0. The van der Waals surface area contributed by atoms with Gasteiger partial charge in [-0.25, -0.2) is 0 Å².